The van der Waals surface area contributed by atoms with Crippen LogP contribution in [0.4, 0.5) is 5.95 Å². The molecule has 1 unspecified atom stereocenters. The zero-order valence-corrected chi connectivity index (χ0v) is 21.6. The van der Waals surface area contributed by atoms with Gasteiger partial charge in [0.2, 0.25) is 13.3 Å². The van der Waals surface area contributed by atoms with E-state index < -0.39 is 15.0 Å². The molecule has 0 fully saturated rings. The summed E-state index contributed by atoms with van der Waals surface area (Å²) in [6.07, 6.45) is 2.22. The second kappa shape index (κ2) is 12.4. The van der Waals surface area contributed by atoms with Crippen molar-refractivity contribution in [3.8, 4) is 0 Å². The van der Waals surface area contributed by atoms with Crippen molar-refractivity contribution in [2.24, 2.45) is 0 Å². The number of hydrogen-bond acceptors (Lipinski definition) is 10. The van der Waals surface area contributed by atoms with Gasteiger partial charge in [0.05, 0.1) is 32.3 Å². The molecule has 0 amide bonds. The van der Waals surface area contributed by atoms with E-state index in [9.17, 15) is 9.13 Å². The Hall–Kier alpha value is -1.06. The van der Waals surface area contributed by atoms with Crippen molar-refractivity contribution in [3.63, 3.8) is 0 Å². The van der Waals surface area contributed by atoms with Crippen LogP contribution >= 0.6 is 26.6 Å². The molecule has 0 aliphatic heterocycles. The van der Waals surface area contributed by atoms with E-state index in [0.29, 0.717) is 63.3 Å². The smallest absolute Gasteiger partial charge is 0.331 e. The first-order valence-electron chi connectivity index (χ1n) is 10.6. The number of nitrogens with zero attached hydrogens (tertiary/aromatic N) is 5. The van der Waals surface area contributed by atoms with Crippen molar-refractivity contribution in [1.82, 2.24) is 24.4 Å². The number of fused-ring (bicyclic) bond motifs is 1. The van der Waals surface area contributed by atoms with E-state index in [4.69, 9.17) is 30.9 Å². The van der Waals surface area contributed by atoms with Crippen LogP contribution in [0.25, 0.3) is 11.2 Å². The van der Waals surface area contributed by atoms with Crippen LogP contribution in [0, 0.1) is 0 Å². The van der Waals surface area contributed by atoms with Gasteiger partial charge >= 0.3 is 7.60 Å². The Morgan fingerprint density at radius 2 is 1.66 bits per heavy atom. The largest absolute Gasteiger partial charge is 0.368 e. The first-order valence-corrected chi connectivity index (χ1v) is 14.9. The lowest BCUT2D eigenvalue weighted by Crippen LogP contribution is -2.33. The quantitative estimate of drug-likeness (QED) is 0.280. The third-order valence-electron chi connectivity index (χ3n) is 4.66. The SMILES string of the molecule is CCOP(C)(=O)CCN(CCn1cnc2c(Cl)nc(N)nc21)CCP(=O)(OCC)OCC. The number of imidazole rings is 1. The van der Waals surface area contributed by atoms with Gasteiger partial charge in [0.25, 0.3) is 0 Å². The zero-order chi connectivity index (χ0) is 23.8. The van der Waals surface area contributed by atoms with Gasteiger partial charge in [-0.2, -0.15) is 9.97 Å². The molecule has 0 aliphatic carbocycles. The Kier molecular flexibility index (Phi) is 10.5. The van der Waals surface area contributed by atoms with Gasteiger partial charge in [-0.15, -0.1) is 0 Å². The third-order valence-corrected chi connectivity index (χ3v) is 8.79. The summed E-state index contributed by atoms with van der Waals surface area (Å²) < 4.78 is 43.5. The lowest BCUT2D eigenvalue weighted by Gasteiger charge is -2.26. The van der Waals surface area contributed by atoms with Gasteiger partial charge in [-0.05, 0) is 20.8 Å². The van der Waals surface area contributed by atoms with E-state index in [1.165, 1.54) is 0 Å². The Morgan fingerprint density at radius 1 is 1.03 bits per heavy atom. The Morgan fingerprint density at radius 3 is 2.28 bits per heavy atom. The average molecular weight is 511 g/mol. The summed E-state index contributed by atoms with van der Waals surface area (Å²) >= 11 is 6.11. The highest BCUT2D eigenvalue weighted by Gasteiger charge is 2.25. The van der Waals surface area contributed by atoms with E-state index in [1.807, 2.05) is 11.5 Å². The second-order valence-corrected chi connectivity index (χ2v) is 12.4. The van der Waals surface area contributed by atoms with E-state index in [2.05, 4.69) is 19.9 Å². The Bertz CT molecular complexity index is 965. The molecule has 0 aliphatic rings. The molecule has 1 atom stereocenters. The molecule has 0 spiro atoms. The van der Waals surface area contributed by atoms with Gasteiger partial charge in [-0.1, -0.05) is 11.6 Å². The fourth-order valence-electron chi connectivity index (χ4n) is 3.16. The standard InChI is InChI=1S/C18H33ClN6O5P2/c1-5-28-31(4,26)12-10-24(11-13-32(27,29-6-2)30-7-3)8-9-25-14-21-15-16(19)22-18(20)23-17(15)25/h14H,5-13H2,1-4H3,(H2,20,22,23). The molecule has 32 heavy (non-hydrogen) atoms. The maximum atomic E-state index is 12.9. The van der Waals surface area contributed by atoms with Gasteiger partial charge < -0.3 is 28.8 Å². The van der Waals surface area contributed by atoms with Crippen LogP contribution in [0.2, 0.25) is 5.15 Å². The summed E-state index contributed by atoms with van der Waals surface area (Å²) in [6, 6.07) is 0. The predicted molar refractivity (Wildman–Crippen MR) is 127 cm³/mol. The minimum Gasteiger partial charge on any atom is -0.368 e. The van der Waals surface area contributed by atoms with Gasteiger partial charge in [0, 0.05) is 39.0 Å². The minimum atomic E-state index is -3.20. The maximum absolute atomic E-state index is 12.9. The maximum Gasteiger partial charge on any atom is 0.331 e. The summed E-state index contributed by atoms with van der Waals surface area (Å²) in [5.41, 5.74) is 6.73. The Labute approximate surface area is 194 Å². The van der Waals surface area contributed by atoms with Crippen LogP contribution in [0.15, 0.2) is 6.33 Å². The van der Waals surface area contributed by atoms with Crippen molar-refractivity contribution in [2.75, 3.05) is 64.2 Å². The lowest BCUT2D eigenvalue weighted by atomic mass is 10.4. The molecule has 0 radical (unpaired) electrons. The van der Waals surface area contributed by atoms with Gasteiger partial charge in [-0.3, -0.25) is 9.13 Å². The lowest BCUT2D eigenvalue weighted by molar-refractivity contribution is 0.212. The number of nitrogen functional groups attached to an aromatic ring is 1. The first kappa shape index (κ1) is 27.2. The Balaban J connectivity index is 2.13. The highest BCUT2D eigenvalue weighted by molar-refractivity contribution is 7.58. The normalized spacial score (nSPS) is 14.3. The molecule has 0 bridgehead atoms. The number of rotatable bonds is 15. The van der Waals surface area contributed by atoms with Crippen LogP contribution in [-0.4, -0.2) is 82.9 Å². The molecule has 2 heterocycles. The number of hydrogen-bond donors (Lipinski definition) is 1. The predicted octanol–water partition coefficient (Wildman–Crippen LogP) is 3.57. The fraction of sp³-hybridized carbons (Fsp3) is 0.722. The monoisotopic (exact) mass is 510 g/mol. The molecule has 2 aromatic heterocycles. The molecule has 11 nitrogen and oxygen atoms in total. The number of halogens is 1. The molecular formula is C18H33ClN6O5P2. The van der Waals surface area contributed by atoms with Gasteiger partial charge in [-0.25, -0.2) is 4.98 Å². The van der Waals surface area contributed by atoms with E-state index >= 15 is 0 Å². The molecule has 14 heteroatoms. The van der Waals surface area contributed by atoms with Crippen molar-refractivity contribution < 1.29 is 22.7 Å². The van der Waals surface area contributed by atoms with Crippen molar-refractivity contribution >= 4 is 43.7 Å². The third kappa shape index (κ3) is 8.06. The molecule has 182 valence electrons. The van der Waals surface area contributed by atoms with Crippen LogP contribution in [0.5, 0.6) is 0 Å². The van der Waals surface area contributed by atoms with Gasteiger partial charge in [0.1, 0.15) is 5.52 Å². The summed E-state index contributed by atoms with van der Waals surface area (Å²) in [6.45, 7) is 10.00. The molecule has 2 N–H and O–H groups in total. The van der Waals surface area contributed by atoms with Crippen LogP contribution < -0.4 is 5.73 Å². The van der Waals surface area contributed by atoms with Crippen molar-refractivity contribution in [2.45, 2.75) is 27.3 Å². The van der Waals surface area contributed by atoms with E-state index in [-0.39, 0.29) is 17.3 Å². The van der Waals surface area contributed by atoms with Crippen LogP contribution in [0.3, 0.4) is 0 Å². The van der Waals surface area contributed by atoms with E-state index in [0.717, 1.165) is 0 Å². The molecule has 0 saturated heterocycles. The highest BCUT2D eigenvalue weighted by atomic mass is 35.5. The topological polar surface area (TPSA) is 135 Å². The van der Waals surface area contributed by atoms with Crippen molar-refractivity contribution in [3.05, 3.63) is 11.5 Å². The first-order chi connectivity index (χ1) is 15.1. The average Bonchev–Trinajstić information content (AvgIpc) is 3.11. The number of nitrogens with two attached hydrogens (primary N) is 1. The molecule has 0 aromatic carbocycles. The molecule has 2 aromatic rings. The molecule has 0 saturated carbocycles. The highest BCUT2D eigenvalue weighted by Crippen LogP contribution is 2.48. The number of aromatic nitrogens is 4. The van der Waals surface area contributed by atoms with Crippen LogP contribution in [0.1, 0.15) is 20.8 Å². The molecule has 2 rings (SSSR count). The minimum absolute atomic E-state index is 0.0686. The molecular weight excluding hydrogens is 478 g/mol. The van der Waals surface area contributed by atoms with E-state index in [1.54, 1.807) is 26.8 Å². The van der Waals surface area contributed by atoms with Crippen LogP contribution in [-0.2, 0) is 29.2 Å². The second-order valence-electron chi connectivity index (χ2n) is 7.15. The zero-order valence-electron chi connectivity index (χ0n) is 19.1. The van der Waals surface area contributed by atoms with Crippen molar-refractivity contribution in [1.29, 1.82) is 0 Å². The van der Waals surface area contributed by atoms with Gasteiger partial charge in [0.15, 0.2) is 10.8 Å². The summed E-state index contributed by atoms with van der Waals surface area (Å²) in [5.74, 6) is 0.0686. The fourth-order valence-corrected chi connectivity index (χ4v) is 6.35. The summed E-state index contributed by atoms with van der Waals surface area (Å²) in [4.78, 5) is 14.5. The summed E-state index contributed by atoms with van der Waals surface area (Å²) in [5, 5.41) is 0.195. The number of anilines is 1. The summed E-state index contributed by atoms with van der Waals surface area (Å²) in [7, 11) is -5.92.